The first kappa shape index (κ1) is 17.3. The molecule has 0 aliphatic carbocycles. The molecule has 0 bridgehead atoms. The summed E-state index contributed by atoms with van der Waals surface area (Å²) in [7, 11) is 0. The van der Waals surface area contributed by atoms with E-state index in [0.29, 0.717) is 17.1 Å². The highest BCUT2D eigenvalue weighted by atomic mass is 32.1. The van der Waals surface area contributed by atoms with Gasteiger partial charge in [-0.1, -0.05) is 13.8 Å². The van der Waals surface area contributed by atoms with Gasteiger partial charge in [-0.25, -0.2) is 0 Å². The molecule has 0 aliphatic rings. The van der Waals surface area contributed by atoms with Gasteiger partial charge in [0.05, 0.1) is 18.0 Å². The van der Waals surface area contributed by atoms with Crippen molar-refractivity contribution in [3.63, 3.8) is 0 Å². The number of rotatable bonds is 8. The Morgan fingerprint density at radius 1 is 1.40 bits per heavy atom. The highest BCUT2D eigenvalue weighted by Crippen LogP contribution is 2.22. The summed E-state index contributed by atoms with van der Waals surface area (Å²) in [4.78, 5) is 15.5. The maximum absolute atomic E-state index is 12.7. The van der Waals surface area contributed by atoms with E-state index in [1.54, 1.807) is 6.26 Å². The third kappa shape index (κ3) is 3.77. The van der Waals surface area contributed by atoms with E-state index >= 15 is 0 Å². The molecule has 3 aromatic rings. The van der Waals surface area contributed by atoms with Gasteiger partial charge in [0.2, 0.25) is 0 Å². The molecule has 8 nitrogen and oxygen atoms in total. The maximum atomic E-state index is 12.7. The van der Waals surface area contributed by atoms with E-state index in [2.05, 4.69) is 39.6 Å². The summed E-state index contributed by atoms with van der Waals surface area (Å²) in [5.74, 6) is 0.695. The lowest BCUT2D eigenvalue weighted by Gasteiger charge is -2.28. The number of hydrogen-bond donors (Lipinski definition) is 1. The van der Waals surface area contributed by atoms with E-state index < -0.39 is 0 Å². The van der Waals surface area contributed by atoms with Crippen LogP contribution in [0.25, 0.3) is 5.69 Å². The summed E-state index contributed by atoms with van der Waals surface area (Å²) < 4.78 is 7.05. The van der Waals surface area contributed by atoms with Crippen molar-refractivity contribution >= 4 is 17.2 Å². The first-order valence-electron chi connectivity index (χ1n) is 8.11. The molecular formula is C16H20N6O2S. The van der Waals surface area contributed by atoms with Crippen molar-refractivity contribution < 1.29 is 9.21 Å². The molecule has 3 rings (SSSR count). The van der Waals surface area contributed by atoms with Crippen molar-refractivity contribution in [2.75, 3.05) is 19.6 Å². The van der Waals surface area contributed by atoms with Gasteiger partial charge < -0.3 is 9.73 Å². The van der Waals surface area contributed by atoms with E-state index in [9.17, 15) is 4.79 Å². The Morgan fingerprint density at radius 3 is 2.88 bits per heavy atom. The summed E-state index contributed by atoms with van der Waals surface area (Å²) in [6, 6.07) is 5.62. The molecular weight excluding hydrogens is 340 g/mol. The number of carbonyl (C=O) groups is 1. The molecule has 1 unspecified atom stereocenters. The van der Waals surface area contributed by atoms with E-state index in [-0.39, 0.29) is 11.9 Å². The number of tetrazole rings is 1. The minimum absolute atomic E-state index is 0.00889. The average Bonchev–Trinajstić information content (AvgIpc) is 3.39. The van der Waals surface area contributed by atoms with E-state index in [0.717, 1.165) is 18.8 Å². The van der Waals surface area contributed by atoms with Gasteiger partial charge in [-0.3, -0.25) is 9.69 Å². The van der Waals surface area contributed by atoms with E-state index in [1.165, 1.54) is 22.3 Å². The zero-order valence-electron chi connectivity index (χ0n) is 14.1. The quantitative estimate of drug-likeness (QED) is 0.662. The second-order valence-corrected chi connectivity index (χ2v) is 6.27. The molecule has 0 radical (unpaired) electrons. The third-order valence-corrected chi connectivity index (χ3v) is 4.93. The van der Waals surface area contributed by atoms with Crippen molar-refractivity contribution in [1.82, 2.24) is 30.4 Å². The standard InChI is InChI=1S/C16H20N6O2S/c1-3-21(4-2)13(14-6-5-8-24-14)10-17-16(23)15-12(7-9-25-15)22-11-18-19-20-22/h5-9,11,13H,3-4,10H2,1-2H3,(H,17,23). The maximum Gasteiger partial charge on any atom is 0.263 e. The Morgan fingerprint density at radius 2 is 2.24 bits per heavy atom. The van der Waals surface area contributed by atoms with Crippen molar-refractivity contribution in [2.45, 2.75) is 19.9 Å². The molecule has 1 atom stereocenters. The molecule has 0 fully saturated rings. The van der Waals surface area contributed by atoms with E-state index in [4.69, 9.17) is 4.42 Å². The van der Waals surface area contributed by atoms with Crippen molar-refractivity contribution in [1.29, 1.82) is 0 Å². The van der Waals surface area contributed by atoms with Gasteiger partial charge >= 0.3 is 0 Å². The predicted octanol–water partition coefficient (Wildman–Crippen LogP) is 2.13. The molecule has 0 saturated heterocycles. The van der Waals surface area contributed by atoms with Crippen LogP contribution in [-0.4, -0.2) is 50.6 Å². The van der Waals surface area contributed by atoms with Gasteiger partial charge in [0.25, 0.3) is 5.91 Å². The van der Waals surface area contributed by atoms with E-state index in [1.807, 2.05) is 23.6 Å². The molecule has 0 saturated carbocycles. The zero-order chi connectivity index (χ0) is 17.6. The number of aromatic nitrogens is 4. The summed E-state index contributed by atoms with van der Waals surface area (Å²) in [6.07, 6.45) is 3.13. The lowest BCUT2D eigenvalue weighted by atomic mass is 10.2. The summed E-state index contributed by atoms with van der Waals surface area (Å²) in [6.45, 7) is 6.38. The van der Waals surface area contributed by atoms with Crippen molar-refractivity contribution in [2.24, 2.45) is 0 Å². The van der Waals surface area contributed by atoms with Gasteiger partial charge in [-0.15, -0.1) is 16.4 Å². The zero-order valence-corrected chi connectivity index (χ0v) is 14.9. The van der Waals surface area contributed by atoms with Gasteiger partial charge in [0.1, 0.15) is 17.0 Å². The number of thiophene rings is 1. The lowest BCUT2D eigenvalue weighted by molar-refractivity contribution is 0.0933. The number of hydrogen-bond acceptors (Lipinski definition) is 7. The monoisotopic (exact) mass is 360 g/mol. The average molecular weight is 360 g/mol. The van der Waals surface area contributed by atoms with Crippen LogP contribution in [0.4, 0.5) is 0 Å². The van der Waals surface area contributed by atoms with Gasteiger partial charge in [-0.2, -0.15) is 4.68 Å². The van der Waals surface area contributed by atoms with Gasteiger partial charge in [0.15, 0.2) is 0 Å². The SMILES string of the molecule is CCN(CC)C(CNC(=O)c1sccc1-n1cnnn1)c1ccco1. The fraction of sp³-hybridized carbons (Fsp3) is 0.375. The Hall–Kier alpha value is -2.52. The van der Waals surface area contributed by atoms with Gasteiger partial charge in [-0.05, 0) is 47.1 Å². The summed E-state index contributed by atoms with van der Waals surface area (Å²) in [5.41, 5.74) is 0.671. The molecule has 3 heterocycles. The molecule has 3 aromatic heterocycles. The number of carbonyl (C=O) groups excluding carboxylic acids is 1. The number of amides is 1. The number of nitrogens with zero attached hydrogens (tertiary/aromatic N) is 5. The normalized spacial score (nSPS) is 12.4. The number of likely N-dealkylation sites (N-methyl/N-ethyl adjacent to an activating group) is 1. The van der Waals surface area contributed by atoms with Crippen molar-refractivity contribution in [3.8, 4) is 5.69 Å². The fourth-order valence-corrected chi connectivity index (χ4v) is 3.54. The molecule has 1 amide bonds. The smallest absolute Gasteiger partial charge is 0.263 e. The number of nitrogens with one attached hydrogen (secondary N) is 1. The largest absolute Gasteiger partial charge is 0.468 e. The van der Waals surface area contributed by atoms with Crippen LogP contribution in [0.1, 0.15) is 35.3 Å². The first-order valence-corrected chi connectivity index (χ1v) is 8.99. The number of furan rings is 1. The second kappa shape index (κ2) is 8.04. The molecule has 0 spiro atoms. The minimum Gasteiger partial charge on any atom is -0.468 e. The molecule has 0 aromatic carbocycles. The predicted molar refractivity (Wildman–Crippen MR) is 93.7 cm³/mol. The van der Waals surface area contributed by atoms with Crippen molar-refractivity contribution in [3.05, 3.63) is 46.8 Å². The fourth-order valence-electron chi connectivity index (χ4n) is 2.75. The van der Waals surface area contributed by atoms with Crippen LogP contribution in [0.3, 0.4) is 0 Å². The van der Waals surface area contributed by atoms with Crippen LogP contribution in [0.2, 0.25) is 0 Å². The van der Waals surface area contributed by atoms with Crippen LogP contribution in [0.5, 0.6) is 0 Å². The highest BCUT2D eigenvalue weighted by Gasteiger charge is 2.23. The van der Waals surface area contributed by atoms with Gasteiger partial charge in [0, 0.05) is 6.54 Å². The second-order valence-electron chi connectivity index (χ2n) is 5.35. The Bertz CT molecular complexity index is 780. The Balaban J connectivity index is 1.73. The summed E-state index contributed by atoms with van der Waals surface area (Å²) in [5, 5.41) is 15.9. The van der Waals surface area contributed by atoms with Crippen LogP contribution in [-0.2, 0) is 0 Å². The molecule has 132 valence electrons. The summed E-state index contributed by atoms with van der Waals surface area (Å²) >= 11 is 1.36. The highest BCUT2D eigenvalue weighted by molar-refractivity contribution is 7.12. The third-order valence-electron chi connectivity index (χ3n) is 4.03. The topological polar surface area (TPSA) is 89.1 Å². The Kier molecular flexibility index (Phi) is 5.56. The van der Waals surface area contributed by atoms with Crippen LogP contribution in [0, 0.1) is 0 Å². The molecule has 25 heavy (non-hydrogen) atoms. The minimum atomic E-state index is -0.149. The molecule has 1 N–H and O–H groups in total. The lowest BCUT2D eigenvalue weighted by Crippen LogP contribution is -2.37. The van der Waals surface area contributed by atoms with Crippen LogP contribution in [0.15, 0.2) is 40.6 Å². The van der Waals surface area contributed by atoms with Crippen LogP contribution >= 0.6 is 11.3 Å². The van der Waals surface area contributed by atoms with Crippen LogP contribution < -0.4 is 5.32 Å². The molecule has 9 heteroatoms. The Labute approximate surface area is 149 Å². The first-order chi connectivity index (χ1) is 12.2. The molecule has 0 aliphatic heterocycles.